The molecule has 1 aliphatic heterocycles. The lowest BCUT2D eigenvalue weighted by Crippen LogP contribution is -2.20. The number of fused-ring (bicyclic) bond motifs is 1. The van der Waals surface area contributed by atoms with Crippen molar-refractivity contribution in [3.05, 3.63) is 92.0 Å². The van der Waals surface area contributed by atoms with Gasteiger partial charge in [0.15, 0.2) is 0 Å². The number of anilines is 1. The van der Waals surface area contributed by atoms with E-state index >= 15 is 0 Å². The molecule has 4 rings (SSSR count). The highest BCUT2D eigenvalue weighted by molar-refractivity contribution is 6.05. The zero-order valence-electron chi connectivity index (χ0n) is 15.5. The van der Waals surface area contributed by atoms with Gasteiger partial charge in [0.1, 0.15) is 17.1 Å². The number of aliphatic imine (C=N–C) groups is 1. The van der Waals surface area contributed by atoms with Crippen LogP contribution in [0.15, 0.2) is 68.8 Å². The second-order valence-corrected chi connectivity index (χ2v) is 6.73. The summed E-state index contributed by atoms with van der Waals surface area (Å²) in [5.41, 5.74) is 1.87. The van der Waals surface area contributed by atoms with Crippen LogP contribution in [0.25, 0.3) is 0 Å². The lowest BCUT2D eigenvalue weighted by atomic mass is 9.97. The van der Waals surface area contributed by atoms with Crippen LogP contribution in [0.5, 0.6) is 5.75 Å². The van der Waals surface area contributed by atoms with Crippen LogP contribution in [-0.2, 0) is 0 Å². The van der Waals surface area contributed by atoms with Gasteiger partial charge in [0.25, 0.3) is 5.69 Å². The van der Waals surface area contributed by atoms with Crippen LogP contribution in [0.3, 0.4) is 0 Å². The van der Waals surface area contributed by atoms with Crippen molar-refractivity contribution in [1.82, 2.24) is 0 Å². The van der Waals surface area contributed by atoms with E-state index in [2.05, 4.69) is 10.3 Å². The summed E-state index contributed by atoms with van der Waals surface area (Å²) in [7, 11) is 0. The Morgan fingerprint density at radius 2 is 1.93 bits per heavy atom. The summed E-state index contributed by atoms with van der Waals surface area (Å²) in [6.07, 6.45) is 0.272. The van der Waals surface area contributed by atoms with Crippen molar-refractivity contribution >= 4 is 22.8 Å². The molecule has 1 aliphatic rings. The number of rotatable bonds is 3. The molecule has 0 aliphatic carbocycles. The number of para-hydroxylation sites is 2. The molecule has 0 saturated carbocycles. The number of nitro groups is 1. The van der Waals surface area contributed by atoms with Crippen LogP contribution in [0.4, 0.5) is 17.1 Å². The Balaban J connectivity index is 1.82. The summed E-state index contributed by atoms with van der Waals surface area (Å²) in [4.78, 5) is 27.5. The van der Waals surface area contributed by atoms with Crippen LogP contribution in [0, 0.1) is 17.0 Å². The average Bonchev–Trinajstić information content (AvgIpc) is 2.87. The third-order valence-electron chi connectivity index (χ3n) is 4.74. The molecule has 8 nitrogen and oxygen atoms in total. The highest BCUT2D eigenvalue weighted by atomic mass is 16.6. The Morgan fingerprint density at radius 3 is 2.62 bits per heavy atom. The van der Waals surface area contributed by atoms with Gasteiger partial charge in [-0.15, -0.1) is 0 Å². The van der Waals surface area contributed by atoms with Gasteiger partial charge < -0.3 is 14.8 Å². The molecule has 0 fully saturated rings. The number of nitro benzene ring substituents is 1. The predicted octanol–water partition coefficient (Wildman–Crippen LogP) is 4.24. The van der Waals surface area contributed by atoms with E-state index in [0.29, 0.717) is 17.2 Å². The SMILES string of the molecule is Cc1cc(O)c(C2=Nc3ccccc3N[C@@H](c3ccc([N+](=O)[O-])cc3)C2)c(=O)o1. The zero-order chi connectivity index (χ0) is 20.5. The van der Waals surface area contributed by atoms with Crippen LogP contribution in [0.2, 0.25) is 0 Å². The maximum Gasteiger partial charge on any atom is 0.348 e. The predicted molar refractivity (Wildman–Crippen MR) is 108 cm³/mol. The van der Waals surface area contributed by atoms with Crippen molar-refractivity contribution < 1.29 is 14.4 Å². The van der Waals surface area contributed by atoms with Crippen molar-refractivity contribution in [2.45, 2.75) is 19.4 Å². The summed E-state index contributed by atoms with van der Waals surface area (Å²) in [5.74, 6) is 0.107. The van der Waals surface area contributed by atoms with Gasteiger partial charge in [-0.2, -0.15) is 0 Å². The minimum absolute atomic E-state index is 0.00603. The van der Waals surface area contributed by atoms with Crippen LogP contribution in [0.1, 0.15) is 29.3 Å². The lowest BCUT2D eigenvalue weighted by molar-refractivity contribution is -0.384. The molecule has 0 amide bonds. The molecule has 0 unspecified atom stereocenters. The normalized spacial score (nSPS) is 15.6. The summed E-state index contributed by atoms with van der Waals surface area (Å²) in [6.45, 7) is 1.58. The molecule has 2 heterocycles. The topological polar surface area (TPSA) is 118 Å². The molecule has 1 atom stereocenters. The highest BCUT2D eigenvalue weighted by Crippen LogP contribution is 2.36. The number of benzene rings is 2. The fourth-order valence-electron chi connectivity index (χ4n) is 3.37. The molecular weight excluding hydrogens is 374 g/mol. The van der Waals surface area contributed by atoms with Gasteiger partial charge in [0.2, 0.25) is 0 Å². The van der Waals surface area contributed by atoms with Crippen molar-refractivity contribution in [3.8, 4) is 5.75 Å². The lowest BCUT2D eigenvalue weighted by Gasteiger charge is -2.19. The van der Waals surface area contributed by atoms with E-state index in [1.54, 1.807) is 25.1 Å². The number of hydrogen-bond donors (Lipinski definition) is 2. The standard InChI is InChI=1S/C21H17N3O5/c1-12-10-19(25)20(21(26)29-12)18-11-17(13-6-8-14(9-7-13)24(27)28)22-15-4-2-3-5-16(15)23-18/h2-10,17,22,25H,11H2,1H3/t17-/m1/s1. The smallest absolute Gasteiger partial charge is 0.348 e. The number of aryl methyl sites for hydroxylation is 1. The minimum atomic E-state index is -0.664. The number of non-ortho nitro benzene ring substituents is 1. The van der Waals surface area contributed by atoms with E-state index in [9.17, 15) is 20.0 Å². The number of nitrogens with one attached hydrogen (secondary N) is 1. The van der Waals surface area contributed by atoms with Gasteiger partial charge in [-0.05, 0) is 24.6 Å². The van der Waals surface area contributed by atoms with Gasteiger partial charge in [-0.3, -0.25) is 15.1 Å². The number of nitrogens with zero attached hydrogens (tertiary/aromatic N) is 2. The summed E-state index contributed by atoms with van der Waals surface area (Å²) >= 11 is 0. The Labute approximate surface area is 165 Å². The molecular formula is C21H17N3O5. The molecule has 0 saturated heterocycles. The van der Waals surface area contributed by atoms with E-state index in [0.717, 1.165) is 11.3 Å². The number of aromatic hydroxyl groups is 1. The van der Waals surface area contributed by atoms with E-state index in [1.807, 2.05) is 18.2 Å². The second-order valence-electron chi connectivity index (χ2n) is 6.73. The second kappa shape index (κ2) is 7.23. The largest absolute Gasteiger partial charge is 0.507 e. The Bertz CT molecular complexity index is 1180. The molecule has 0 radical (unpaired) electrons. The number of hydrogen-bond acceptors (Lipinski definition) is 7. The fraction of sp³-hybridized carbons (Fsp3) is 0.143. The minimum Gasteiger partial charge on any atom is -0.507 e. The first kappa shape index (κ1) is 18.4. The van der Waals surface area contributed by atoms with E-state index in [-0.39, 0.29) is 29.5 Å². The first-order chi connectivity index (χ1) is 13.9. The Hall–Kier alpha value is -3.94. The molecule has 1 aromatic heterocycles. The maximum absolute atomic E-state index is 12.4. The van der Waals surface area contributed by atoms with Crippen LogP contribution < -0.4 is 10.9 Å². The van der Waals surface area contributed by atoms with Crippen LogP contribution >= 0.6 is 0 Å². The average molecular weight is 391 g/mol. The van der Waals surface area contributed by atoms with Crippen LogP contribution in [-0.4, -0.2) is 15.7 Å². The molecule has 3 aromatic rings. The van der Waals surface area contributed by atoms with Gasteiger partial charge in [-0.1, -0.05) is 24.3 Å². The van der Waals surface area contributed by atoms with Gasteiger partial charge >= 0.3 is 5.63 Å². The fourth-order valence-corrected chi connectivity index (χ4v) is 3.37. The first-order valence-corrected chi connectivity index (χ1v) is 8.94. The van der Waals surface area contributed by atoms with Crippen molar-refractivity contribution in [2.75, 3.05) is 5.32 Å². The van der Waals surface area contributed by atoms with E-state index < -0.39 is 10.5 Å². The van der Waals surface area contributed by atoms with E-state index in [4.69, 9.17) is 4.42 Å². The molecule has 2 N–H and O–H groups in total. The summed E-state index contributed by atoms with van der Waals surface area (Å²) < 4.78 is 5.16. The molecule has 29 heavy (non-hydrogen) atoms. The summed E-state index contributed by atoms with van der Waals surface area (Å²) in [5, 5.41) is 24.7. The third-order valence-corrected chi connectivity index (χ3v) is 4.74. The summed E-state index contributed by atoms with van der Waals surface area (Å²) in [6, 6.07) is 14.6. The molecule has 0 bridgehead atoms. The maximum atomic E-state index is 12.4. The van der Waals surface area contributed by atoms with Crippen molar-refractivity contribution in [3.63, 3.8) is 0 Å². The van der Waals surface area contributed by atoms with Gasteiger partial charge in [-0.25, -0.2) is 4.79 Å². The highest BCUT2D eigenvalue weighted by Gasteiger charge is 2.25. The van der Waals surface area contributed by atoms with E-state index in [1.165, 1.54) is 18.2 Å². The Morgan fingerprint density at radius 1 is 1.21 bits per heavy atom. The van der Waals surface area contributed by atoms with Gasteiger partial charge in [0.05, 0.1) is 28.1 Å². The molecule has 8 heteroatoms. The Kier molecular flexibility index (Phi) is 4.59. The molecule has 2 aromatic carbocycles. The third kappa shape index (κ3) is 3.60. The first-order valence-electron chi connectivity index (χ1n) is 8.94. The quantitative estimate of drug-likeness (QED) is 0.509. The van der Waals surface area contributed by atoms with Crippen molar-refractivity contribution in [2.24, 2.45) is 4.99 Å². The monoisotopic (exact) mass is 391 g/mol. The molecule has 146 valence electrons. The zero-order valence-corrected chi connectivity index (χ0v) is 15.5. The molecule has 0 spiro atoms. The van der Waals surface area contributed by atoms with Crippen molar-refractivity contribution in [1.29, 1.82) is 0 Å². The van der Waals surface area contributed by atoms with Gasteiger partial charge in [0, 0.05) is 24.6 Å².